The number of ether oxygens (including phenoxy) is 1. The second-order valence-electron chi connectivity index (χ2n) is 2.38. The lowest BCUT2D eigenvalue weighted by atomic mass is 10.2. The van der Waals surface area contributed by atoms with Gasteiger partial charge in [0.05, 0.1) is 12.3 Å². The maximum atomic E-state index is 7.11. The fourth-order valence-electron chi connectivity index (χ4n) is 0.817. The van der Waals surface area contributed by atoms with Crippen LogP contribution in [0, 0.1) is 5.41 Å². The maximum Gasteiger partial charge on any atom is 0.124 e. The standard InChI is InChI=1S/C8H11N3O/c1-12-5-7-3-2-6(4-11-7)8(9)10/h2-4H,5H2,1H3,(H3,9,10). The zero-order chi connectivity index (χ0) is 8.97. The maximum absolute atomic E-state index is 7.11. The summed E-state index contributed by atoms with van der Waals surface area (Å²) in [5, 5.41) is 7.11. The van der Waals surface area contributed by atoms with Gasteiger partial charge in [-0.2, -0.15) is 0 Å². The van der Waals surface area contributed by atoms with Crippen LogP contribution in [-0.4, -0.2) is 17.9 Å². The van der Waals surface area contributed by atoms with Crippen LogP contribution < -0.4 is 5.73 Å². The van der Waals surface area contributed by atoms with Crippen molar-refractivity contribution in [3.05, 3.63) is 29.6 Å². The molecule has 4 nitrogen and oxygen atoms in total. The number of nitrogens with two attached hydrogens (primary N) is 1. The van der Waals surface area contributed by atoms with Gasteiger partial charge in [-0.3, -0.25) is 10.4 Å². The highest BCUT2D eigenvalue weighted by molar-refractivity contribution is 5.94. The van der Waals surface area contributed by atoms with E-state index in [-0.39, 0.29) is 5.84 Å². The highest BCUT2D eigenvalue weighted by Gasteiger charge is 1.96. The highest BCUT2D eigenvalue weighted by atomic mass is 16.5. The van der Waals surface area contributed by atoms with E-state index in [0.717, 1.165) is 5.69 Å². The molecule has 0 fully saturated rings. The second-order valence-corrected chi connectivity index (χ2v) is 2.38. The lowest BCUT2D eigenvalue weighted by Crippen LogP contribution is -2.11. The van der Waals surface area contributed by atoms with Crippen molar-refractivity contribution in [1.82, 2.24) is 4.98 Å². The van der Waals surface area contributed by atoms with Crippen LogP contribution in [0.25, 0.3) is 0 Å². The normalized spacial score (nSPS) is 9.75. The van der Waals surface area contributed by atoms with Crippen molar-refractivity contribution in [3.8, 4) is 0 Å². The van der Waals surface area contributed by atoms with Crippen LogP contribution >= 0.6 is 0 Å². The van der Waals surface area contributed by atoms with Crippen LogP contribution in [0.4, 0.5) is 0 Å². The Morgan fingerprint density at radius 1 is 1.67 bits per heavy atom. The molecule has 12 heavy (non-hydrogen) atoms. The van der Waals surface area contributed by atoms with E-state index in [9.17, 15) is 0 Å². The Bertz CT molecular complexity index is 268. The molecule has 0 saturated heterocycles. The molecule has 0 aliphatic rings. The Labute approximate surface area is 70.9 Å². The molecule has 0 aliphatic carbocycles. The fourth-order valence-corrected chi connectivity index (χ4v) is 0.817. The molecule has 1 rings (SSSR count). The fraction of sp³-hybridized carbons (Fsp3) is 0.250. The summed E-state index contributed by atoms with van der Waals surface area (Å²) in [6.07, 6.45) is 1.57. The molecule has 0 atom stereocenters. The van der Waals surface area contributed by atoms with E-state index >= 15 is 0 Å². The first-order valence-corrected chi connectivity index (χ1v) is 3.52. The molecule has 0 amide bonds. The molecule has 0 spiro atoms. The number of nitrogens with zero attached hydrogens (tertiary/aromatic N) is 1. The zero-order valence-electron chi connectivity index (χ0n) is 6.87. The predicted octanol–water partition coefficient (Wildman–Crippen LogP) is 0.512. The molecule has 1 aromatic heterocycles. The number of aromatic nitrogens is 1. The monoisotopic (exact) mass is 165 g/mol. The van der Waals surface area contributed by atoms with Gasteiger partial charge in [-0.1, -0.05) is 0 Å². The summed E-state index contributed by atoms with van der Waals surface area (Å²) in [6, 6.07) is 3.55. The van der Waals surface area contributed by atoms with E-state index in [2.05, 4.69) is 4.98 Å². The first-order valence-electron chi connectivity index (χ1n) is 3.52. The van der Waals surface area contributed by atoms with Gasteiger partial charge in [0.1, 0.15) is 5.84 Å². The molecule has 0 aromatic carbocycles. The summed E-state index contributed by atoms with van der Waals surface area (Å²) < 4.78 is 4.88. The van der Waals surface area contributed by atoms with Crippen LogP contribution in [0.5, 0.6) is 0 Å². The third-order valence-electron chi connectivity index (χ3n) is 1.43. The molecule has 0 unspecified atom stereocenters. The average Bonchev–Trinajstić information content (AvgIpc) is 2.06. The first kappa shape index (κ1) is 8.67. The van der Waals surface area contributed by atoms with E-state index < -0.39 is 0 Å². The van der Waals surface area contributed by atoms with Crippen molar-refractivity contribution < 1.29 is 4.74 Å². The molecule has 1 heterocycles. The van der Waals surface area contributed by atoms with Crippen LogP contribution in [-0.2, 0) is 11.3 Å². The van der Waals surface area contributed by atoms with Gasteiger partial charge in [-0.15, -0.1) is 0 Å². The molecule has 0 radical (unpaired) electrons. The Morgan fingerprint density at radius 2 is 2.42 bits per heavy atom. The van der Waals surface area contributed by atoms with Gasteiger partial charge in [-0.25, -0.2) is 0 Å². The van der Waals surface area contributed by atoms with Crippen LogP contribution in [0.2, 0.25) is 0 Å². The van der Waals surface area contributed by atoms with E-state index in [4.69, 9.17) is 15.9 Å². The van der Waals surface area contributed by atoms with Gasteiger partial charge in [0.15, 0.2) is 0 Å². The van der Waals surface area contributed by atoms with Crippen molar-refractivity contribution in [1.29, 1.82) is 5.41 Å². The van der Waals surface area contributed by atoms with Gasteiger partial charge in [0.25, 0.3) is 0 Å². The topological polar surface area (TPSA) is 72.0 Å². The van der Waals surface area contributed by atoms with Crippen molar-refractivity contribution in [2.24, 2.45) is 5.73 Å². The van der Waals surface area contributed by atoms with Gasteiger partial charge < -0.3 is 10.5 Å². The number of nitrogen functional groups attached to an aromatic ring is 1. The summed E-state index contributed by atoms with van der Waals surface area (Å²) in [6.45, 7) is 0.484. The molecule has 0 saturated carbocycles. The quantitative estimate of drug-likeness (QED) is 0.506. The number of hydrogen-bond acceptors (Lipinski definition) is 3. The third-order valence-corrected chi connectivity index (χ3v) is 1.43. The van der Waals surface area contributed by atoms with Crippen molar-refractivity contribution in [3.63, 3.8) is 0 Å². The number of hydrogen-bond donors (Lipinski definition) is 2. The molecule has 0 bridgehead atoms. The Kier molecular flexibility index (Phi) is 2.76. The van der Waals surface area contributed by atoms with Crippen LogP contribution in [0.3, 0.4) is 0 Å². The average molecular weight is 165 g/mol. The van der Waals surface area contributed by atoms with E-state index in [1.807, 2.05) is 0 Å². The minimum absolute atomic E-state index is 0.0338. The summed E-state index contributed by atoms with van der Waals surface area (Å²) >= 11 is 0. The molecular weight excluding hydrogens is 154 g/mol. The number of amidine groups is 1. The zero-order valence-corrected chi connectivity index (χ0v) is 6.87. The summed E-state index contributed by atoms with van der Waals surface area (Å²) in [7, 11) is 1.61. The summed E-state index contributed by atoms with van der Waals surface area (Å²) in [5.41, 5.74) is 6.72. The van der Waals surface area contributed by atoms with E-state index in [1.54, 1.807) is 25.4 Å². The van der Waals surface area contributed by atoms with Crippen LogP contribution in [0.15, 0.2) is 18.3 Å². The molecule has 0 aliphatic heterocycles. The van der Waals surface area contributed by atoms with Crippen molar-refractivity contribution in [2.45, 2.75) is 6.61 Å². The SMILES string of the molecule is COCc1ccc(C(=N)N)cn1. The minimum Gasteiger partial charge on any atom is -0.384 e. The second kappa shape index (κ2) is 3.82. The highest BCUT2D eigenvalue weighted by Crippen LogP contribution is 1.99. The summed E-state index contributed by atoms with van der Waals surface area (Å²) in [5.74, 6) is 0.0338. The molecule has 1 aromatic rings. The largest absolute Gasteiger partial charge is 0.384 e. The number of pyridine rings is 1. The number of nitrogens with one attached hydrogen (secondary N) is 1. The van der Waals surface area contributed by atoms with E-state index in [1.165, 1.54) is 0 Å². The van der Waals surface area contributed by atoms with Gasteiger partial charge in [0, 0.05) is 18.9 Å². The third kappa shape index (κ3) is 2.03. The number of rotatable bonds is 3. The van der Waals surface area contributed by atoms with Crippen molar-refractivity contribution >= 4 is 5.84 Å². The molecule has 64 valence electrons. The Balaban J connectivity index is 2.78. The summed E-state index contributed by atoms with van der Waals surface area (Å²) in [4.78, 5) is 4.04. The Morgan fingerprint density at radius 3 is 2.83 bits per heavy atom. The minimum atomic E-state index is 0.0338. The Hall–Kier alpha value is -1.42. The smallest absolute Gasteiger partial charge is 0.124 e. The van der Waals surface area contributed by atoms with Crippen molar-refractivity contribution in [2.75, 3.05) is 7.11 Å². The number of methoxy groups -OCH3 is 1. The van der Waals surface area contributed by atoms with Crippen LogP contribution in [0.1, 0.15) is 11.3 Å². The lowest BCUT2D eigenvalue weighted by molar-refractivity contribution is 0.181. The van der Waals surface area contributed by atoms with Gasteiger partial charge >= 0.3 is 0 Å². The lowest BCUT2D eigenvalue weighted by Gasteiger charge is -2.00. The van der Waals surface area contributed by atoms with E-state index in [0.29, 0.717) is 12.2 Å². The van der Waals surface area contributed by atoms with Gasteiger partial charge in [0.2, 0.25) is 0 Å². The molecule has 4 heteroatoms. The van der Waals surface area contributed by atoms with Gasteiger partial charge in [-0.05, 0) is 12.1 Å². The first-order chi connectivity index (χ1) is 5.74. The predicted molar refractivity (Wildman–Crippen MR) is 46.0 cm³/mol. The molecule has 3 N–H and O–H groups in total. The molecular formula is C8H11N3O.